The maximum absolute atomic E-state index is 12.9. The lowest BCUT2D eigenvalue weighted by molar-refractivity contribution is -0.126. The van der Waals surface area contributed by atoms with E-state index in [1.165, 1.54) is 39.3 Å². The van der Waals surface area contributed by atoms with E-state index in [1.807, 2.05) is 6.92 Å². The van der Waals surface area contributed by atoms with Crippen LogP contribution in [0.25, 0.3) is 0 Å². The molecule has 9 nitrogen and oxygen atoms in total. The lowest BCUT2D eigenvalue weighted by Gasteiger charge is -2.16. The highest BCUT2D eigenvalue weighted by atomic mass is 35.5. The summed E-state index contributed by atoms with van der Waals surface area (Å²) in [5.74, 6) is 0.0158. The summed E-state index contributed by atoms with van der Waals surface area (Å²) in [5.41, 5.74) is 0.368. The molecule has 0 aliphatic heterocycles. The van der Waals surface area contributed by atoms with Crippen LogP contribution in [0.2, 0.25) is 10.0 Å². The van der Waals surface area contributed by atoms with Crippen LogP contribution in [-0.4, -0.2) is 45.2 Å². The monoisotopic (exact) mass is 497 g/mol. The molecule has 2 aromatic carbocycles. The number of halogens is 2. The highest BCUT2D eigenvalue weighted by Gasteiger charge is 2.26. The van der Waals surface area contributed by atoms with Gasteiger partial charge in [0.25, 0.3) is 5.91 Å². The second-order valence-electron chi connectivity index (χ2n) is 6.52. The Morgan fingerprint density at radius 2 is 1.58 bits per heavy atom. The van der Waals surface area contributed by atoms with Gasteiger partial charge in [0.05, 0.1) is 32.5 Å². The summed E-state index contributed by atoms with van der Waals surface area (Å²) in [7, 11) is 2.84. The first-order valence-corrected chi connectivity index (χ1v) is 10.7. The maximum Gasteiger partial charge on any atom is 0.258 e. The SMILES string of the molecule is CCOc1cc(Cl)c(NC(=O)C(N=Nc2c(OC)cc(Cl)cc2OC)C(C)=O)c(OCC)c1. The third kappa shape index (κ3) is 6.72. The third-order valence-electron chi connectivity index (χ3n) is 4.24. The predicted octanol–water partition coefficient (Wildman–Crippen LogP) is 5.49. The Morgan fingerprint density at radius 1 is 0.970 bits per heavy atom. The number of rotatable bonds is 11. The molecule has 2 aromatic rings. The molecule has 0 saturated carbocycles. The quantitative estimate of drug-likeness (QED) is 0.324. The van der Waals surface area contributed by atoms with Gasteiger partial charge in [-0.25, -0.2) is 0 Å². The average molecular weight is 498 g/mol. The number of nitrogens with one attached hydrogen (secondary N) is 1. The number of nitrogens with zero attached hydrogens (tertiary/aromatic N) is 2. The van der Waals surface area contributed by atoms with Crippen LogP contribution in [0.3, 0.4) is 0 Å². The number of ketones is 1. The second-order valence-corrected chi connectivity index (χ2v) is 7.36. The first-order chi connectivity index (χ1) is 15.7. The number of methoxy groups -OCH3 is 2. The van der Waals surface area contributed by atoms with Crippen molar-refractivity contribution in [2.45, 2.75) is 26.8 Å². The average Bonchev–Trinajstić information content (AvgIpc) is 2.76. The zero-order valence-corrected chi connectivity index (χ0v) is 20.4. The Labute approximate surface area is 202 Å². The Bertz CT molecular complexity index is 1020. The van der Waals surface area contributed by atoms with Gasteiger partial charge in [0.2, 0.25) is 6.04 Å². The number of amides is 1. The van der Waals surface area contributed by atoms with E-state index in [-0.39, 0.29) is 27.9 Å². The molecule has 1 atom stereocenters. The molecule has 0 heterocycles. The lowest BCUT2D eigenvalue weighted by atomic mass is 10.2. The predicted molar refractivity (Wildman–Crippen MR) is 126 cm³/mol. The molecule has 1 unspecified atom stereocenters. The van der Waals surface area contributed by atoms with Crippen molar-refractivity contribution in [1.82, 2.24) is 0 Å². The minimum Gasteiger partial charge on any atom is -0.494 e. The number of anilines is 1. The molecular weight excluding hydrogens is 473 g/mol. The van der Waals surface area contributed by atoms with Crippen LogP contribution in [0, 0.1) is 0 Å². The van der Waals surface area contributed by atoms with Crippen molar-refractivity contribution in [1.29, 1.82) is 0 Å². The number of benzene rings is 2. The number of carbonyl (C=O) groups excluding carboxylic acids is 2. The van der Waals surface area contributed by atoms with Crippen molar-refractivity contribution in [3.05, 3.63) is 34.3 Å². The molecule has 0 spiro atoms. The molecular formula is C22H25Cl2N3O6. The Morgan fingerprint density at radius 3 is 2.09 bits per heavy atom. The van der Waals surface area contributed by atoms with Crippen LogP contribution in [-0.2, 0) is 9.59 Å². The molecule has 1 N–H and O–H groups in total. The summed E-state index contributed by atoms with van der Waals surface area (Å²) in [4.78, 5) is 25.2. The maximum atomic E-state index is 12.9. The van der Waals surface area contributed by atoms with Crippen molar-refractivity contribution >= 4 is 46.3 Å². The van der Waals surface area contributed by atoms with E-state index >= 15 is 0 Å². The van der Waals surface area contributed by atoms with Gasteiger partial charge < -0.3 is 24.3 Å². The van der Waals surface area contributed by atoms with Gasteiger partial charge in [-0.15, -0.1) is 5.11 Å². The van der Waals surface area contributed by atoms with E-state index in [9.17, 15) is 9.59 Å². The standard InChI is InChI=1S/C22H25Cl2N3O6/c1-6-32-14-10-15(24)20(18(11-14)33-7-2)25-22(29)19(12(3)28)26-27-21-16(30-4)8-13(23)9-17(21)31-5/h8-11,19H,6-7H2,1-5H3,(H,25,29). The van der Waals surface area contributed by atoms with E-state index in [0.29, 0.717) is 29.7 Å². The van der Waals surface area contributed by atoms with Gasteiger partial charge in [0.15, 0.2) is 23.0 Å². The molecule has 0 aliphatic carbocycles. The van der Waals surface area contributed by atoms with Crippen molar-refractivity contribution in [2.75, 3.05) is 32.8 Å². The van der Waals surface area contributed by atoms with Gasteiger partial charge in [0, 0.05) is 29.3 Å². The topological polar surface area (TPSA) is 108 Å². The second kappa shape index (κ2) is 12.3. The number of azo groups is 1. The van der Waals surface area contributed by atoms with Crippen molar-refractivity contribution < 1.29 is 28.5 Å². The number of hydrogen-bond acceptors (Lipinski definition) is 8. The van der Waals surface area contributed by atoms with E-state index in [1.54, 1.807) is 13.0 Å². The number of carbonyl (C=O) groups is 2. The molecule has 2 rings (SSSR count). The van der Waals surface area contributed by atoms with Crippen molar-refractivity contribution in [3.63, 3.8) is 0 Å². The van der Waals surface area contributed by atoms with Gasteiger partial charge >= 0.3 is 0 Å². The lowest BCUT2D eigenvalue weighted by Crippen LogP contribution is -2.32. The molecule has 1 amide bonds. The normalized spacial score (nSPS) is 11.7. The molecule has 11 heteroatoms. The minimum atomic E-state index is -1.47. The van der Waals surface area contributed by atoms with E-state index in [0.717, 1.165) is 0 Å². The van der Waals surface area contributed by atoms with Crippen LogP contribution in [0.4, 0.5) is 11.4 Å². The number of hydrogen-bond donors (Lipinski definition) is 1. The largest absolute Gasteiger partial charge is 0.494 e. The van der Waals surface area contributed by atoms with E-state index < -0.39 is 17.7 Å². The fraction of sp³-hybridized carbons (Fsp3) is 0.364. The zero-order chi connectivity index (χ0) is 24.5. The van der Waals surface area contributed by atoms with E-state index in [4.69, 9.17) is 42.1 Å². The Hall–Kier alpha value is -3.04. The van der Waals surface area contributed by atoms with Crippen LogP contribution >= 0.6 is 23.2 Å². The highest BCUT2D eigenvalue weighted by Crippen LogP contribution is 2.41. The van der Waals surface area contributed by atoms with Gasteiger partial charge in [-0.3, -0.25) is 9.59 Å². The van der Waals surface area contributed by atoms with Crippen LogP contribution < -0.4 is 24.3 Å². The molecule has 0 fully saturated rings. The van der Waals surface area contributed by atoms with Crippen LogP contribution in [0.1, 0.15) is 20.8 Å². The fourth-order valence-electron chi connectivity index (χ4n) is 2.78. The fourth-order valence-corrected chi connectivity index (χ4v) is 3.23. The minimum absolute atomic E-state index is 0.178. The van der Waals surface area contributed by atoms with Gasteiger partial charge in [-0.2, -0.15) is 5.11 Å². The molecule has 0 radical (unpaired) electrons. The molecule has 0 aliphatic rings. The summed E-state index contributed by atoms with van der Waals surface area (Å²) in [6.45, 7) is 5.59. The number of ether oxygens (including phenoxy) is 4. The van der Waals surface area contributed by atoms with Crippen LogP contribution in [0.15, 0.2) is 34.5 Å². The highest BCUT2D eigenvalue weighted by molar-refractivity contribution is 6.34. The molecule has 0 saturated heterocycles. The summed E-state index contributed by atoms with van der Waals surface area (Å²) in [5, 5.41) is 11.1. The van der Waals surface area contributed by atoms with Gasteiger partial charge in [0.1, 0.15) is 17.2 Å². The smallest absolute Gasteiger partial charge is 0.258 e. The summed E-state index contributed by atoms with van der Waals surface area (Å²) in [6.07, 6.45) is 0. The zero-order valence-electron chi connectivity index (χ0n) is 18.9. The third-order valence-corrected chi connectivity index (χ3v) is 4.75. The summed E-state index contributed by atoms with van der Waals surface area (Å²) < 4.78 is 21.6. The summed E-state index contributed by atoms with van der Waals surface area (Å²) >= 11 is 12.4. The number of Topliss-reactive ketones (excluding diaryl/α,β-unsaturated/α-hetero) is 1. The van der Waals surface area contributed by atoms with Gasteiger partial charge in [-0.1, -0.05) is 23.2 Å². The van der Waals surface area contributed by atoms with E-state index in [2.05, 4.69) is 15.5 Å². The molecule has 33 heavy (non-hydrogen) atoms. The summed E-state index contributed by atoms with van der Waals surface area (Å²) in [6, 6.07) is 4.69. The molecule has 0 bridgehead atoms. The molecule has 178 valence electrons. The van der Waals surface area contributed by atoms with Crippen molar-refractivity contribution in [3.8, 4) is 23.0 Å². The van der Waals surface area contributed by atoms with Gasteiger partial charge in [-0.05, 0) is 20.8 Å². The first kappa shape index (κ1) is 26.2. The van der Waals surface area contributed by atoms with Crippen LogP contribution in [0.5, 0.6) is 23.0 Å². The Balaban J connectivity index is 2.39. The Kier molecular flexibility index (Phi) is 9.74. The molecule has 0 aromatic heterocycles. The van der Waals surface area contributed by atoms with Crippen molar-refractivity contribution in [2.24, 2.45) is 10.2 Å². The first-order valence-electron chi connectivity index (χ1n) is 9.98.